The van der Waals surface area contributed by atoms with Gasteiger partial charge in [-0.2, -0.15) is 0 Å². The Morgan fingerprint density at radius 1 is 0.500 bits per heavy atom. The Hall–Kier alpha value is -0.630. The van der Waals surface area contributed by atoms with Crippen molar-refractivity contribution < 1.29 is 38.7 Å². The maximum Gasteiger partial charge on any atom is 0.471 e. The van der Waals surface area contributed by atoms with E-state index in [9.17, 15) is 34.2 Å². The molecule has 0 aliphatic rings. The maximum absolute atomic E-state index is 13.3. The summed E-state index contributed by atoms with van der Waals surface area (Å²) in [5, 5.41) is 20.2. The molecule has 1 atom stereocenters. The van der Waals surface area contributed by atoms with E-state index in [2.05, 4.69) is 13.8 Å². The van der Waals surface area contributed by atoms with Crippen LogP contribution in [0.4, 0.5) is 0 Å². The lowest BCUT2D eigenvalue weighted by molar-refractivity contribution is -0.164. The van der Waals surface area contributed by atoms with E-state index in [-0.39, 0.29) is 12.8 Å². The Labute approximate surface area is 295 Å². The molecule has 0 aliphatic carbocycles. The third-order valence-corrected chi connectivity index (χ3v) is 10.3. The molecule has 0 aromatic carbocycles. The minimum atomic E-state index is -5.32. The van der Waals surface area contributed by atoms with Crippen molar-refractivity contribution in [2.75, 3.05) is 6.61 Å². The van der Waals surface area contributed by atoms with Gasteiger partial charge in [0.1, 0.15) is 6.10 Å². The van der Waals surface area contributed by atoms with E-state index < -0.39 is 37.7 Å². The van der Waals surface area contributed by atoms with Gasteiger partial charge in [0.05, 0.1) is 6.61 Å². The van der Waals surface area contributed by atoms with E-state index >= 15 is 0 Å². The molecule has 0 bridgehead atoms. The molecule has 0 aliphatic heterocycles. The third kappa shape index (κ3) is 25.3. The molecular formula is C39H77O8P. The van der Waals surface area contributed by atoms with E-state index in [4.69, 9.17) is 4.52 Å². The molecule has 8 nitrogen and oxygen atoms in total. The highest BCUT2D eigenvalue weighted by molar-refractivity contribution is 7.46. The molecule has 0 rings (SSSR count). The van der Waals surface area contributed by atoms with E-state index in [1.54, 1.807) is 0 Å². The molecule has 0 radical (unpaired) electrons. The third-order valence-electron chi connectivity index (χ3n) is 9.75. The first-order valence-electron chi connectivity index (χ1n) is 20.3. The normalized spacial score (nSPS) is 12.9. The molecule has 48 heavy (non-hydrogen) atoms. The van der Waals surface area contributed by atoms with Gasteiger partial charge in [0, 0.05) is 12.8 Å². The zero-order chi connectivity index (χ0) is 35.8. The van der Waals surface area contributed by atoms with Crippen molar-refractivity contribution in [3.05, 3.63) is 0 Å². The van der Waals surface area contributed by atoms with Crippen molar-refractivity contribution in [1.82, 2.24) is 0 Å². The average Bonchev–Trinajstić information content (AvgIpc) is 3.06. The lowest BCUT2D eigenvalue weighted by atomic mass is 9.82. The van der Waals surface area contributed by atoms with Crippen molar-refractivity contribution in [1.29, 1.82) is 0 Å². The first-order valence-corrected chi connectivity index (χ1v) is 21.8. The summed E-state index contributed by atoms with van der Waals surface area (Å²) >= 11 is 0. The summed E-state index contributed by atoms with van der Waals surface area (Å²) in [6.45, 7) is 3.46. The van der Waals surface area contributed by atoms with Crippen LogP contribution in [0.5, 0.6) is 0 Å². The number of aliphatic hydroxyl groups is 2. The van der Waals surface area contributed by atoms with Gasteiger partial charge in [-0.1, -0.05) is 194 Å². The molecule has 9 heteroatoms. The van der Waals surface area contributed by atoms with Gasteiger partial charge in [-0.05, 0) is 12.8 Å². The highest BCUT2D eigenvalue weighted by Crippen LogP contribution is 2.44. The Bertz CT molecular complexity index is 753. The summed E-state index contributed by atoms with van der Waals surface area (Å²) in [6, 6.07) is 0. The second kappa shape index (κ2) is 32.3. The van der Waals surface area contributed by atoms with E-state index in [1.807, 2.05) is 0 Å². The van der Waals surface area contributed by atoms with Crippen LogP contribution in [0.15, 0.2) is 0 Å². The van der Waals surface area contributed by atoms with Gasteiger partial charge in [-0.25, -0.2) is 4.57 Å². The van der Waals surface area contributed by atoms with Gasteiger partial charge >= 0.3 is 7.82 Å². The summed E-state index contributed by atoms with van der Waals surface area (Å²) in [6.07, 6.45) is 32.3. The molecule has 286 valence electrons. The van der Waals surface area contributed by atoms with Gasteiger partial charge < -0.3 is 20.0 Å². The van der Waals surface area contributed by atoms with Crippen molar-refractivity contribution in [2.45, 2.75) is 231 Å². The van der Waals surface area contributed by atoms with Gasteiger partial charge in [0.25, 0.3) is 0 Å². The Morgan fingerprint density at radius 2 is 0.729 bits per heavy atom. The molecule has 0 saturated carbocycles. The summed E-state index contributed by atoms with van der Waals surface area (Å²) < 4.78 is 16.7. The van der Waals surface area contributed by atoms with Gasteiger partial charge in [-0.15, -0.1) is 0 Å². The van der Waals surface area contributed by atoms with Gasteiger partial charge in [0.15, 0.2) is 11.6 Å². The number of rotatable bonds is 38. The first-order chi connectivity index (χ1) is 23.2. The Morgan fingerprint density at radius 3 is 0.938 bits per heavy atom. The number of hydrogen-bond donors (Lipinski definition) is 4. The number of hydrogen-bond acceptors (Lipinski definition) is 6. The predicted molar refractivity (Wildman–Crippen MR) is 198 cm³/mol. The fraction of sp³-hybridized carbons (Fsp3) is 0.949. The summed E-state index contributed by atoms with van der Waals surface area (Å²) in [5.74, 6) is -1.74. The SMILES string of the molecule is CCCCCCCCCCCCCCCCCC(=O)C(OP(=O)(O)O)(C(=O)CCCCCCCCCCCCCCCCC)[C@@H](O)CO. The number of phosphoric ester groups is 1. The number of ketones is 2. The van der Waals surface area contributed by atoms with E-state index in [1.165, 1.54) is 128 Å². The average molecular weight is 705 g/mol. The van der Waals surface area contributed by atoms with Crippen LogP contribution < -0.4 is 0 Å². The topological polar surface area (TPSA) is 141 Å². The van der Waals surface area contributed by atoms with Crippen molar-refractivity contribution in [2.24, 2.45) is 0 Å². The van der Waals surface area contributed by atoms with Crippen LogP contribution in [0.25, 0.3) is 0 Å². The monoisotopic (exact) mass is 705 g/mol. The number of carbonyl (C=O) groups excluding carboxylic acids is 2. The Kier molecular flexibility index (Phi) is 31.9. The van der Waals surface area contributed by atoms with Crippen molar-refractivity contribution >= 4 is 19.4 Å². The Balaban J connectivity index is 4.41. The zero-order valence-electron chi connectivity index (χ0n) is 31.3. The largest absolute Gasteiger partial charge is 0.471 e. The van der Waals surface area contributed by atoms with Crippen LogP contribution in [-0.2, 0) is 18.7 Å². The fourth-order valence-electron chi connectivity index (χ4n) is 6.69. The fourth-order valence-corrected chi connectivity index (χ4v) is 7.39. The summed E-state index contributed by atoms with van der Waals surface area (Å²) in [7, 11) is -5.32. The van der Waals surface area contributed by atoms with Crippen molar-refractivity contribution in [3.63, 3.8) is 0 Å². The molecule has 4 N–H and O–H groups in total. The van der Waals surface area contributed by atoms with Crippen LogP contribution in [0, 0.1) is 0 Å². The maximum atomic E-state index is 13.3. The van der Waals surface area contributed by atoms with E-state index in [0.29, 0.717) is 12.8 Å². The smallest absolute Gasteiger partial charge is 0.394 e. The highest BCUT2D eigenvalue weighted by atomic mass is 31.2. The molecule has 0 heterocycles. The zero-order valence-corrected chi connectivity index (χ0v) is 32.2. The highest BCUT2D eigenvalue weighted by Gasteiger charge is 2.55. The van der Waals surface area contributed by atoms with Gasteiger partial charge in [0.2, 0.25) is 5.60 Å². The standard InChI is InChI=1S/C39H77O8P/c1-3-5-7-9-11-13-15-17-19-21-23-25-27-29-31-33-36(41)39(38(43)35-40,47-48(44,45)46)37(42)34-32-30-28-26-24-22-20-18-16-14-12-10-8-6-4-2/h38,40,43H,3-35H2,1-2H3,(H2,44,45,46)/t38-/m0/s1. The van der Waals surface area contributed by atoms with Crippen LogP contribution in [0.3, 0.4) is 0 Å². The summed E-state index contributed by atoms with van der Waals surface area (Å²) in [4.78, 5) is 45.8. The van der Waals surface area contributed by atoms with Crippen LogP contribution in [0.1, 0.15) is 219 Å². The molecule has 0 aromatic rings. The molecule has 0 aromatic heterocycles. The second-order valence-corrected chi connectivity index (χ2v) is 15.4. The molecule has 0 saturated heterocycles. The number of Topliss-reactive ketones (excluding diaryl/α,β-unsaturated/α-hetero) is 2. The van der Waals surface area contributed by atoms with Gasteiger partial charge in [-0.3, -0.25) is 14.1 Å². The predicted octanol–water partition coefficient (Wildman–Crippen LogP) is 10.8. The lowest BCUT2D eigenvalue weighted by Gasteiger charge is -2.34. The molecule has 0 fully saturated rings. The number of carbonyl (C=O) groups is 2. The minimum absolute atomic E-state index is 0.153. The summed E-state index contributed by atoms with van der Waals surface area (Å²) in [5.41, 5.74) is -2.75. The number of aliphatic hydroxyl groups excluding tert-OH is 2. The molecular weight excluding hydrogens is 627 g/mol. The number of phosphoric acid groups is 1. The lowest BCUT2D eigenvalue weighted by Crippen LogP contribution is -2.58. The quantitative estimate of drug-likeness (QED) is 0.0283. The van der Waals surface area contributed by atoms with E-state index in [0.717, 1.165) is 51.4 Å². The van der Waals surface area contributed by atoms with Crippen LogP contribution in [0.2, 0.25) is 0 Å². The van der Waals surface area contributed by atoms with Crippen molar-refractivity contribution in [3.8, 4) is 0 Å². The first kappa shape index (κ1) is 47.4. The van der Waals surface area contributed by atoms with Crippen LogP contribution >= 0.6 is 7.82 Å². The molecule has 0 spiro atoms. The molecule has 0 amide bonds. The van der Waals surface area contributed by atoms with Crippen LogP contribution in [-0.4, -0.2) is 49.9 Å². The second-order valence-electron chi connectivity index (χ2n) is 14.3. The minimum Gasteiger partial charge on any atom is -0.394 e. The molecule has 0 unspecified atom stereocenters. The number of unbranched alkanes of at least 4 members (excludes halogenated alkanes) is 28.